The smallest absolute Gasteiger partial charge is 0.245 e. The van der Waals surface area contributed by atoms with E-state index < -0.39 is 15.8 Å². The Morgan fingerprint density at radius 2 is 1.68 bits per heavy atom. The SMILES string of the molecule is CN1CCN(Cc2ccc(Nc3ncc(Cl)c(Nc4ccc(F)cc4S(=O)(=O)N4CCCC4)n3)cc2)CC1. The van der Waals surface area contributed by atoms with Crippen LogP contribution < -0.4 is 10.6 Å². The first kappa shape index (κ1) is 26.8. The maximum Gasteiger partial charge on any atom is 0.245 e. The molecule has 0 atom stereocenters. The Bertz CT molecular complexity index is 1380. The van der Waals surface area contributed by atoms with E-state index in [9.17, 15) is 12.8 Å². The van der Waals surface area contributed by atoms with Gasteiger partial charge in [-0.2, -0.15) is 9.29 Å². The molecule has 2 aliphatic heterocycles. The summed E-state index contributed by atoms with van der Waals surface area (Å²) in [5.41, 5.74) is 2.22. The van der Waals surface area contributed by atoms with Gasteiger partial charge in [0.1, 0.15) is 15.7 Å². The first-order valence-electron chi connectivity index (χ1n) is 12.6. The van der Waals surface area contributed by atoms with Crippen molar-refractivity contribution in [3.05, 3.63) is 65.1 Å². The first-order chi connectivity index (χ1) is 18.3. The molecule has 0 saturated carbocycles. The van der Waals surface area contributed by atoms with E-state index in [2.05, 4.69) is 49.6 Å². The lowest BCUT2D eigenvalue weighted by Crippen LogP contribution is -2.43. The number of aromatic nitrogens is 2. The zero-order valence-corrected chi connectivity index (χ0v) is 22.8. The zero-order chi connectivity index (χ0) is 26.7. The third kappa shape index (κ3) is 6.24. The zero-order valence-electron chi connectivity index (χ0n) is 21.2. The van der Waals surface area contributed by atoms with E-state index in [1.807, 2.05) is 12.1 Å². The number of likely N-dealkylation sites (N-methyl/N-ethyl adjacent to an activating group) is 1. The third-order valence-electron chi connectivity index (χ3n) is 6.84. The van der Waals surface area contributed by atoms with Gasteiger partial charge in [0, 0.05) is 51.5 Å². The molecule has 5 rings (SSSR count). The molecule has 0 radical (unpaired) electrons. The van der Waals surface area contributed by atoms with Gasteiger partial charge < -0.3 is 15.5 Å². The van der Waals surface area contributed by atoms with Crippen LogP contribution in [0, 0.1) is 5.82 Å². The summed E-state index contributed by atoms with van der Waals surface area (Å²) in [7, 11) is -1.73. The minimum absolute atomic E-state index is 0.153. The molecular weight excluding hydrogens is 529 g/mol. The molecule has 1 aromatic heterocycles. The average Bonchev–Trinajstić information content (AvgIpc) is 3.46. The van der Waals surface area contributed by atoms with Gasteiger partial charge in [-0.3, -0.25) is 4.90 Å². The fourth-order valence-corrected chi connectivity index (χ4v) is 6.42. The maximum atomic E-state index is 14.1. The molecule has 38 heavy (non-hydrogen) atoms. The number of nitrogens with one attached hydrogen (secondary N) is 2. The molecule has 12 heteroatoms. The summed E-state index contributed by atoms with van der Waals surface area (Å²) in [4.78, 5) is 13.3. The molecule has 0 unspecified atom stereocenters. The van der Waals surface area contributed by atoms with Crippen molar-refractivity contribution in [1.29, 1.82) is 0 Å². The Morgan fingerprint density at radius 3 is 2.39 bits per heavy atom. The van der Waals surface area contributed by atoms with Crippen LogP contribution in [0.4, 0.5) is 27.5 Å². The number of nitrogens with zero attached hydrogens (tertiary/aromatic N) is 5. The highest BCUT2D eigenvalue weighted by molar-refractivity contribution is 7.89. The maximum absolute atomic E-state index is 14.1. The van der Waals surface area contributed by atoms with Gasteiger partial charge in [0.15, 0.2) is 5.82 Å². The molecule has 0 aliphatic carbocycles. The monoisotopic (exact) mass is 559 g/mol. The van der Waals surface area contributed by atoms with Crippen molar-refractivity contribution in [3.63, 3.8) is 0 Å². The van der Waals surface area contributed by atoms with Crippen molar-refractivity contribution in [3.8, 4) is 0 Å². The van der Waals surface area contributed by atoms with Crippen LogP contribution in [-0.4, -0.2) is 78.8 Å². The second-order valence-corrected chi connectivity index (χ2v) is 12.0. The summed E-state index contributed by atoms with van der Waals surface area (Å²) in [5, 5.41) is 6.34. The molecule has 2 saturated heterocycles. The summed E-state index contributed by atoms with van der Waals surface area (Å²) < 4.78 is 41.8. The fraction of sp³-hybridized carbons (Fsp3) is 0.385. The Kier molecular flexibility index (Phi) is 8.10. The van der Waals surface area contributed by atoms with E-state index in [-0.39, 0.29) is 27.4 Å². The molecule has 2 aromatic carbocycles. The van der Waals surface area contributed by atoms with Gasteiger partial charge in [0.2, 0.25) is 16.0 Å². The largest absolute Gasteiger partial charge is 0.338 e. The van der Waals surface area contributed by atoms with Gasteiger partial charge in [-0.1, -0.05) is 23.7 Å². The molecule has 0 amide bonds. The Morgan fingerprint density at radius 1 is 0.974 bits per heavy atom. The Labute approximate surface area is 227 Å². The number of benzene rings is 2. The number of anilines is 4. The van der Waals surface area contributed by atoms with Crippen molar-refractivity contribution < 1.29 is 12.8 Å². The van der Waals surface area contributed by atoms with Gasteiger partial charge in [0.05, 0.1) is 11.9 Å². The summed E-state index contributed by atoms with van der Waals surface area (Å²) in [6.07, 6.45) is 2.99. The van der Waals surface area contributed by atoms with Crippen LogP contribution in [0.3, 0.4) is 0 Å². The van der Waals surface area contributed by atoms with E-state index in [1.54, 1.807) is 0 Å². The van der Waals surface area contributed by atoms with E-state index in [4.69, 9.17) is 11.6 Å². The van der Waals surface area contributed by atoms with Crippen molar-refractivity contribution in [1.82, 2.24) is 24.1 Å². The highest BCUT2D eigenvalue weighted by Crippen LogP contribution is 2.32. The molecule has 2 aliphatic rings. The summed E-state index contributed by atoms with van der Waals surface area (Å²) in [6.45, 7) is 5.99. The molecular formula is C26H31ClFN7O2S. The average molecular weight is 560 g/mol. The van der Waals surface area contributed by atoms with Crippen LogP contribution in [0.25, 0.3) is 0 Å². The quantitative estimate of drug-likeness (QED) is 0.422. The summed E-state index contributed by atoms with van der Waals surface area (Å²) in [6, 6.07) is 11.7. The van der Waals surface area contributed by atoms with Crippen LogP contribution in [0.5, 0.6) is 0 Å². The highest BCUT2D eigenvalue weighted by Gasteiger charge is 2.30. The number of halogens is 2. The third-order valence-corrected chi connectivity index (χ3v) is 9.05. The van der Waals surface area contributed by atoms with Crippen LogP contribution in [0.2, 0.25) is 5.02 Å². The van der Waals surface area contributed by atoms with E-state index in [1.165, 1.54) is 28.2 Å². The molecule has 0 spiro atoms. The molecule has 9 nitrogen and oxygen atoms in total. The van der Waals surface area contributed by atoms with Crippen molar-refractivity contribution in [2.45, 2.75) is 24.3 Å². The molecule has 202 valence electrons. The molecule has 2 N–H and O–H groups in total. The van der Waals surface area contributed by atoms with Gasteiger partial charge in [-0.15, -0.1) is 0 Å². The predicted molar refractivity (Wildman–Crippen MR) is 147 cm³/mol. The molecule has 2 fully saturated rings. The fourth-order valence-electron chi connectivity index (χ4n) is 4.61. The van der Waals surface area contributed by atoms with Crippen molar-refractivity contribution in [2.75, 3.05) is 56.9 Å². The molecule has 3 heterocycles. The summed E-state index contributed by atoms with van der Waals surface area (Å²) >= 11 is 6.34. The van der Waals surface area contributed by atoms with Crippen LogP contribution in [-0.2, 0) is 16.6 Å². The Hall–Kier alpha value is -2.83. The second-order valence-electron chi connectivity index (χ2n) is 9.67. The van der Waals surface area contributed by atoms with E-state index in [0.29, 0.717) is 13.1 Å². The van der Waals surface area contributed by atoms with Crippen molar-refractivity contribution >= 4 is 44.8 Å². The number of hydrogen-bond acceptors (Lipinski definition) is 8. The highest BCUT2D eigenvalue weighted by atomic mass is 35.5. The minimum atomic E-state index is -3.88. The van der Waals surface area contributed by atoms with Crippen LogP contribution >= 0.6 is 11.6 Å². The predicted octanol–water partition coefficient (Wildman–Crippen LogP) is 4.29. The molecule has 0 bridgehead atoms. The number of sulfonamides is 1. The number of piperazine rings is 1. The summed E-state index contributed by atoms with van der Waals surface area (Å²) in [5.74, 6) is -0.143. The van der Waals surface area contributed by atoms with Gasteiger partial charge in [0.25, 0.3) is 0 Å². The van der Waals surface area contributed by atoms with Gasteiger partial charge >= 0.3 is 0 Å². The lowest BCUT2D eigenvalue weighted by molar-refractivity contribution is 0.148. The lowest BCUT2D eigenvalue weighted by atomic mass is 10.2. The van der Waals surface area contributed by atoms with Gasteiger partial charge in [-0.05, 0) is 55.8 Å². The first-order valence-corrected chi connectivity index (χ1v) is 14.5. The normalized spacial score (nSPS) is 17.6. The van der Waals surface area contributed by atoms with Crippen molar-refractivity contribution in [2.24, 2.45) is 0 Å². The van der Waals surface area contributed by atoms with E-state index >= 15 is 0 Å². The minimum Gasteiger partial charge on any atom is -0.338 e. The van der Waals surface area contributed by atoms with Gasteiger partial charge in [-0.25, -0.2) is 17.8 Å². The second kappa shape index (κ2) is 11.5. The standard InChI is InChI=1S/C26H31ClFN7O2S/c1-33-12-14-34(15-13-33)18-19-4-7-21(8-5-19)30-26-29-17-22(27)25(32-26)31-23-9-6-20(28)16-24(23)38(36,37)35-10-2-3-11-35/h4-9,16-17H,2-3,10-15,18H2,1H3,(H2,29,30,31,32). The van der Waals surface area contributed by atoms with E-state index in [0.717, 1.165) is 57.3 Å². The number of rotatable bonds is 8. The number of hydrogen-bond donors (Lipinski definition) is 2. The Balaban J connectivity index is 1.31. The molecule has 3 aromatic rings. The van der Waals surface area contributed by atoms with Crippen LogP contribution in [0.15, 0.2) is 53.6 Å². The topological polar surface area (TPSA) is 93.7 Å². The lowest BCUT2D eigenvalue weighted by Gasteiger charge is -2.32. The van der Waals surface area contributed by atoms with Crippen LogP contribution in [0.1, 0.15) is 18.4 Å².